The Labute approximate surface area is 126 Å². The standard InChI is InChI=1S/C16H23N5/c1-5-14-15(17-6-2)18-11-19-16(14)20-12-7-9-13(10-8-12)21(3)4/h7-11H,5-6H2,1-4H3,(H2,17,18,19,20). The summed E-state index contributed by atoms with van der Waals surface area (Å²) >= 11 is 0. The topological polar surface area (TPSA) is 53.1 Å². The summed E-state index contributed by atoms with van der Waals surface area (Å²) in [7, 11) is 4.06. The predicted octanol–water partition coefficient (Wildman–Crippen LogP) is 3.28. The molecular weight excluding hydrogens is 262 g/mol. The molecule has 5 nitrogen and oxygen atoms in total. The molecule has 5 heteroatoms. The normalized spacial score (nSPS) is 10.3. The fourth-order valence-corrected chi connectivity index (χ4v) is 2.15. The summed E-state index contributed by atoms with van der Waals surface area (Å²) in [5.41, 5.74) is 3.31. The molecule has 1 aromatic carbocycles. The summed E-state index contributed by atoms with van der Waals surface area (Å²) in [5.74, 6) is 1.77. The SMILES string of the molecule is CCNc1ncnc(Nc2ccc(N(C)C)cc2)c1CC. The van der Waals surface area contributed by atoms with Gasteiger partial charge in [0.15, 0.2) is 0 Å². The van der Waals surface area contributed by atoms with Crippen LogP contribution in [0.25, 0.3) is 0 Å². The van der Waals surface area contributed by atoms with Gasteiger partial charge in [-0.05, 0) is 37.6 Å². The van der Waals surface area contributed by atoms with Crippen LogP contribution in [0.3, 0.4) is 0 Å². The molecule has 0 spiro atoms. The van der Waals surface area contributed by atoms with Gasteiger partial charge in [0.1, 0.15) is 18.0 Å². The zero-order valence-corrected chi connectivity index (χ0v) is 13.1. The molecule has 2 aromatic rings. The summed E-state index contributed by atoms with van der Waals surface area (Å²) in [6.45, 7) is 5.02. The Bertz CT molecular complexity index is 578. The van der Waals surface area contributed by atoms with Gasteiger partial charge in [0.25, 0.3) is 0 Å². The minimum absolute atomic E-state index is 0.848. The fourth-order valence-electron chi connectivity index (χ4n) is 2.15. The van der Waals surface area contributed by atoms with Crippen LogP contribution >= 0.6 is 0 Å². The van der Waals surface area contributed by atoms with Crippen LogP contribution in [0, 0.1) is 0 Å². The van der Waals surface area contributed by atoms with E-state index in [0.29, 0.717) is 0 Å². The summed E-state index contributed by atoms with van der Waals surface area (Å²) in [5, 5.41) is 6.66. The van der Waals surface area contributed by atoms with Crippen molar-refractivity contribution in [1.29, 1.82) is 0 Å². The first kappa shape index (κ1) is 15.1. The first-order valence-corrected chi connectivity index (χ1v) is 7.27. The molecule has 0 unspecified atom stereocenters. The van der Waals surface area contributed by atoms with Crippen LogP contribution in [0.1, 0.15) is 19.4 Å². The summed E-state index contributed by atoms with van der Waals surface area (Å²) < 4.78 is 0. The van der Waals surface area contributed by atoms with E-state index < -0.39 is 0 Å². The fraction of sp³-hybridized carbons (Fsp3) is 0.375. The van der Waals surface area contributed by atoms with E-state index in [2.05, 4.69) is 63.6 Å². The van der Waals surface area contributed by atoms with Crippen molar-refractivity contribution in [3.05, 3.63) is 36.2 Å². The van der Waals surface area contributed by atoms with Gasteiger partial charge in [-0.15, -0.1) is 0 Å². The third kappa shape index (κ3) is 3.62. The Balaban J connectivity index is 2.24. The second-order valence-electron chi connectivity index (χ2n) is 5.00. The lowest BCUT2D eigenvalue weighted by Gasteiger charge is -2.15. The van der Waals surface area contributed by atoms with Crippen LogP contribution < -0.4 is 15.5 Å². The van der Waals surface area contributed by atoms with Crippen molar-refractivity contribution in [3.8, 4) is 0 Å². The molecule has 2 rings (SSSR count). The highest BCUT2D eigenvalue weighted by atomic mass is 15.1. The van der Waals surface area contributed by atoms with E-state index in [1.54, 1.807) is 6.33 Å². The Morgan fingerprint density at radius 2 is 1.67 bits per heavy atom. The van der Waals surface area contributed by atoms with Crippen LogP contribution in [0.4, 0.5) is 23.0 Å². The average molecular weight is 285 g/mol. The highest BCUT2D eigenvalue weighted by Crippen LogP contribution is 2.25. The molecule has 1 heterocycles. The maximum atomic E-state index is 4.37. The maximum absolute atomic E-state index is 4.37. The molecule has 0 saturated heterocycles. The third-order valence-electron chi connectivity index (χ3n) is 3.29. The van der Waals surface area contributed by atoms with Crippen LogP contribution in [-0.2, 0) is 6.42 Å². The van der Waals surface area contributed by atoms with Gasteiger partial charge < -0.3 is 15.5 Å². The summed E-state index contributed by atoms with van der Waals surface area (Å²) in [6, 6.07) is 8.29. The molecule has 1 aromatic heterocycles. The number of nitrogens with one attached hydrogen (secondary N) is 2. The average Bonchev–Trinajstić information content (AvgIpc) is 2.48. The summed E-state index contributed by atoms with van der Waals surface area (Å²) in [4.78, 5) is 10.8. The van der Waals surface area contributed by atoms with Crippen LogP contribution in [0.15, 0.2) is 30.6 Å². The number of anilines is 4. The van der Waals surface area contributed by atoms with Crippen molar-refractivity contribution in [2.45, 2.75) is 20.3 Å². The van der Waals surface area contributed by atoms with Gasteiger partial charge in [0, 0.05) is 37.6 Å². The highest BCUT2D eigenvalue weighted by molar-refractivity contribution is 5.66. The van der Waals surface area contributed by atoms with Crippen LogP contribution in [0.2, 0.25) is 0 Å². The number of hydrogen-bond donors (Lipinski definition) is 2. The molecule has 21 heavy (non-hydrogen) atoms. The van der Waals surface area contributed by atoms with E-state index in [4.69, 9.17) is 0 Å². The van der Waals surface area contributed by atoms with Gasteiger partial charge in [-0.3, -0.25) is 0 Å². The van der Waals surface area contributed by atoms with Crippen molar-refractivity contribution in [2.24, 2.45) is 0 Å². The number of nitrogens with zero attached hydrogens (tertiary/aromatic N) is 3. The van der Waals surface area contributed by atoms with Crippen molar-refractivity contribution >= 4 is 23.0 Å². The minimum Gasteiger partial charge on any atom is -0.378 e. The third-order valence-corrected chi connectivity index (χ3v) is 3.29. The van der Waals surface area contributed by atoms with Gasteiger partial charge in [0.05, 0.1) is 0 Å². The second-order valence-corrected chi connectivity index (χ2v) is 5.00. The van der Waals surface area contributed by atoms with E-state index in [9.17, 15) is 0 Å². The lowest BCUT2D eigenvalue weighted by Crippen LogP contribution is -2.09. The smallest absolute Gasteiger partial charge is 0.139 e. The molecule has 2 N–H and O–H groups in total. The molecule has 112 valence electrons. The molecular formula is C16H23N5. The molecule has 0 aliphatic rings. The van der Waals surface area contributed by atoms with E-state index in [1.165, 1.54) is 5.69 Å². The van der Waals surface area contributed by atoms with Gasteiger partial charge in [-0.25, -0.2) is 9.97 Å². The molecule has 0 radical (unpaired) electrons. The molecule has 0 aliphatic carbocycles. The molecule has 0 fully saturated rings. The van der Waals surface area contributed by atoms with Gasteiger partial charge in [-0.2, -0.15) is 0 Å². The Morgan fingerprint density at radius 3 is 2.24 bits per heavy atom. The minimum atomic E-state index is 0.848. The van der Waals surface area contributed by atoms with Gasteiger partial charge >= 0.3 is 0 Å². The number of rotatable bonds is 6. The number of hydrogen-bond acceptors (Lipinski definition) is 5. The van der Waals surface area contributed by atoms with Crippen molar-refractivity contribution in [1.82, 2.24) is 9.97 Å². The largest absolute Gasteiger partial charge is 0.378 e. The number of aromatic nitrogens is 2. The van der Waals surface area contributed by atoms with Crippen molar-refractivity contribution in [2.75, 3.05) is 36.2 Å². The van der Waals surface area contributed by atoms with Crippen LogP contribution in [0.5, 0.6) is 0 Å². The Hall–Kier alpha value is -2.30. The maximum Gasteiger partial charge on any atom is 0.139 e. The van der Waals surface area contributed by atoms with E-state index in [1.807, 2.05) is 14.1 Å². The lowest BCUT2D eigenvalue weighted by atomic mass is 10.2. The molecule has 0 aliphatic heterocycles. The monoisotopic (exact) mass is 285 g/mol. The predicted molar refractivity (Wildman–Crippen MR) is 89.6 cm³/mol. The van der Waals surface area contributed by atoms with Gasteiger partial charge in [0.2, 0.25) is 0 Å². The van der Waals surface area contributed by atoms with E-state index in [0.717, 1.165) is 35.9 Å². The second kappa shape index (κ2) is 6.92. The molecule has 0 atom stereocenters. The van der Waals surface area contributed by atoms with Crippen molar-refractivity contribution < 1.29 is 0 Å². The Morgan fingerprint density at radius 1 is 1.00 bits per heavy atom. The van der Waals surface area contributed by atoms with E-state index in [-0.39, 0.29) is 0 Å². The first-order chi connectivity index (χ1) is 10.2. The number of benzene rings is 1. The Kier molecular flexibility index (Phi) is 4.98. The summed E-state index contributed by atoms with van der Waals surface area (Å²) in [6.07, 6.45) is 2.47. The van der Waals surface area contributed by atoms with Crippen molar-refractivity contribution in [3.63, 3.8) is 0 Å². The van der Waals surface area contributed by atoms with Gasteiger partial charge in [-0.1, -0.05) is 6.92 Å². The van der Waals surface area contributed by atoms with E-state index >= 15 is 0 Å². The quantitative estimate of drug-likeness (QED) is 0.853. The molecule has 0 bridgehead atoms. The van der Waals surface area contributed by atoms with Crippen LogP contribution in [-0.4, -0.2) is 30.6 Å². The highest BCUT2D eigenvalue weighted by Gasteiger charge is 2.09. The molecule has 0 amide bonds. The molecule has 0 saturated carbocycles. The lowest BCUT2D eigenvalue weighted by molar-refractivity contribution is 1.03. The first-order valence-electron chi connectivity index (χ1n) is 7.27. The zero-order valence-electron chi connectivity index (χ0n) is 13.1. The zero-order chi connectivity index (χ0) is 15.2.